The molecule has 2 nitrogen and oxygen atoms in total. The van der Waals surface area contributed by atoms with Gasteiger partial charge in [-0.2, -0.15) is 0 Å². The highest BCUT2D eigenvalue weighted by Gasteiger charge is 2.45. The first-order chi connectivity index (χ1) is 6.39. The highest BCUT2D eigenvalue weighted by molar-refractivity contribution is 5.05. The van der Waals surface area contributed by atoms with E-state index >= 15 is 0 Å². The third-order valence-electron chi connectivity index (χ3n) is 4.15. The molecule has 0 amide bonds. The summed E-state index contributed by atoms with van der Waals surface area (Å²) in [5.74, 6) is 1.10. The lowest BCUT2D eigenvalue weighted by atomic mass is 9.89. The lowest BCUT2D eigenvalue weighted by Gasteiger charge is -2.46. The largest absolute Gasteiger partial charge is 0.313 e. The summed E-state index contributed by atoms with van der Waals surface area (Å²) in [7, 11) is 0. The van der Waals surface area contributed by atoms with Gasteiger partial charge in [-0.3, -0.25) is 4.90 Å². The van der Waals surface area contributed by atoms with Crippen LogP contribution in [-0.4, -0.2) is 36.6 Å². The number of hydrogen-bond donors (Lipinski definition) is 1. The highest BCUT2D eigenvalue weighted by atomic mass is 15.3. The van der Waals surface area contributed by atoms with Crippen LogP contribution in [0.2, 0.25) is 0 Å². The van der Waals surface area contributed by atoms with Crippen LogP contribution in [0.1, 0.15) is 32.1 Å². The molecule has 2 aliphatic heterocycles. The molecule has 1 aliphatic carbocycles. The van der Waals surface area contributed by atoms with Crippen molar-refractivity contribution >= 4 is 0 Å². The second kappa shape index (κ2) is 2.96. The molecule has 0 aromatic carbocycles. The van der Waals surface area contributed by atoms with Gasteiger partial charge in [0.1, 0.15) is 0 Å². The van der Waals surface area contributed by atoms with Crippen LogP contribution in [0.25, 0.3) is 0 Å². The molecule has 0 aromatic heterocycles. The Hall–Kier alpha value is -0.0800. The molecule has 1 N–H and O–H groups in total. The Labute approximate surface area is 80.7 Å². The Morgan fingerprint density at radius 3 is 2.77 bits per heavy atom. The average Bonchev–Trinajstić information content (AvgIpc) is 2.78. The highest BCUT2D eigenvalue weighted by Crippen LogP contribution is 2.36. The van der Waals surface area contributed by atoms with Crippen LogP contribution in [0.4, 0.5) is 0 Å². The second-order valence-corrected chi connectivity index (χ2v) is 5.15. The van der Waals surface area contributed by atoms with Gasteiger partial charge in [-0.1, -0.05) is 12.8 Å². The van der Waals surface area contributed by atoms with Gasteiger partial charge in [-0.25, -0.2) is 0 Å². The summed E-state index contributed by atoms with van der Waals surface area (Å²) < 4.78 is 0. The van der Waals surface area contributed by atoms with Crippen molar-refractivity contribution in [3.05, 3.63) is 0 Å². The van der Waals surface area contributed by atoms with E-state index in [4.69, 9.17) is 0 Å². The number of rotatable bonds is 3. The maximum absolute atomic E-state index is 3.44. The van der Waals surface area contributed by atoms with E-state index in [0.29, 0.717) is 5.54 Å². The van der Waals surface area contributed by atoms with E-state index in [1.165, 1.54) is 58.3 Å². The topological polar surface area (TPSA) is 15.3 Å². The molecule has 2 saturated heterocycles. The SMILES string of the molecule is C1CN(CCC2CC2)C2(C1)CNC2. The van der Waals surface area contributed by atoms with Crippen molar-refractivity contribution < 1.29 is 0 Å². The van der Waals surface area contributed by atoms with Crippen molar-refractivity contribution in [1.82, 2.24) is 10.2 Å². The molecule has 0 radical (unpaired) electrons. The lowest BCUT2D eigenvalue weighted by Crippen LogP contribution is -2.66. The van der Waals surface area contributed by atoms with E-state index in [-0.39, 0.29) is 0 Å². The molecule has 0 aromatic rings. The zero-order chi connectivity index (χ0) is 8.73. The quantitative estimate of drug-likeness (QED) is 0.702. The molecule has 1 spiro atoms. The Bertz CT molecular complexity index is 194. The van der Waals surface area contributed by atoms with Gasteiger partial charge in [0.2, 0.25) is 0 Å². The molecule has 0 atom stereocenters. The third-order valence-corrected chi connectivity index (χ3v) is 4.15. The number of nitrogens with one attached hydrogen (secondary N) is 1. The van der Waals surface area contributed by atoms with Gasteiger partial charge in [0.05, 0.1) is 0 Å². The maximum atomic E-state index is 3.44. The molecule has 3 rings (SSSR count). The van der Waals surface area contributed by atoms with Crippen LogP contribution < -0.4 is 5.32 Å². The molecule has 74 valence electrons. The third kappa shape index (κ3) is 1.40. The Balaban J connectivity index is 1.55. The normalized spacial score (nSPS) is 32.3. The molecule has 3 fully saturated rings. The average molecular weight is 180 g/mol. The standard InChI is InChI=1S/C11H20N2/c1-5-11(8-12-9-11)13(6-1)7-4-10-2-3-10/h10,12H,1-9H2. The number of nitrogens with zero attached hydrogens (tertiary/aromatic N) is 1. The molecule has 0 unspecified atom stereocenters. The van der Waals surface area contributed by atoms with E-state index in [2.05, 4.69) is 10.2 Å². The predicted molar refractivity (Wildman–Crippen MR) is 53.7 cm³/mol. The van der Waals surface area contributed by atoms with Gasteiger partial charge in [-0.05, 0) is 38.3 Å². The number of likely N-dealkylation sites (tertiary alicyclic amines) is 1. The second-order valence-electron chi connectivity index (χ2n) is 5.15. The van der Waals surface area contributed by atoms with Crippen molar-refractivity contribution in [2.75, 3.05) is 26.2 Å². The molecule has 0 bridgehead atoms. The minimum atomic E-state index is 0.620. The van der Waals surface area contributed by atoms with Crippen LogP contribution in [0, 0.1) is 5.92 Å². The Morgan fingerprint density at radius 2 is 2.15 bits per heavy atom. The first kappa shape index (κ1) is 8.25. The molecular weight excluding hydrogens is 160 g/mol. The summed E-state index contributed by atoms with van der Waals surface area (Å²) in [4.78, 5) is 2.77. The van der Waals surface area contributed by atoms with Gasteiger partial charge >= 0.3 is 0 Å². The zero-order valence-electron chi connectivity index (χ0n) is 8.39. The lowest BCUT2D eigenvalue weighted by molar-refractivity contribution is 0.0768. The van der Waals surface area contributed by atoms with Gasteiger partial charge in [0.25, 0.3) is 0 Å². The van der Waals surface area contributed by atoms with Crippen LogP contribution in [0.3, 0.4) is 0 Å². The predicted octanol–water partition coefficient (Wildman–Crippen LogP) is 1.22. The van der Waals surface area contributed by atoms with Crippen molar-refractivity contribution in [3.8, 4) is 0 Å². The maximum Gasteiger partial charge on any atom is 0.0458 e. The summed E-state index contributed by atoms with van der Waals surface area (Å²) in [6.07, 6.45) is 7.39. The van der Waals surface area contributed by atoms with Crippen LogP contribution in [-0.2, 0) is 0 Å². The molecule has 2 heteroatoms. The fraction of sp³-hybridized carbons (Fsp3) is 1.00. The van der Waals surface area contributed by atoms with Crippen molar-refractivity contribution in [1.29, 1.82) is 0 Å². The Kier molecular flexibility index (Phi) is 1.88. The molecule has 3 aliphatic rings. The first-order valence-corrected chi connectivity index (χ1v) is 5.85. The molecule has 2 heterocycles. The summed E-state index contributed by atoms with van der Waals surface area (Å²) in [6.45, 7) is 5.27. The smallest absolute Gasteiger partial charge is 0.0458 e. The fourth-order valence-electron chi connectivity index (χ4n) is 2.90. The van der Waals surface area contributed by atoms with E-state index in [1.54, 1.807) is 0 Å². The summed E-state index contributed by atoms with van der Waals surface area (Å²) in [6, 6.07) is 0. The minimum absolute atomic E-state index is 0.620. The van der Waals surface area contributed by atoms with Gasteiger partial charge in [-0.15, -0.1) is 0 Å². The first-order valence-electron chi connectivity index (χ1n) is 5.85. The Morgan fingerprint density at radius 1 is 1.31 bits per heavy atom. The van der Waals surface area contributed by atoms with E-state index in [1.807, 2.05) is 0 Å². The molecular formula is C11H20N2. The summed E-state index contributed by atoms with van der Waals surface area (Å²) >= 11 is 0. The minimum Gasteiger partial charge on any atom is -0.313 e. The van der Waals surface area contributed by atoms with Crippen molar-refractivity contribution in [3.63, 3.8) is 0 Å². The van der Waals surface area contributed by atoms with E-state index in [0.717, 1.165) is 5.92 Å². The van der Waals surface area contributed by atoms with Gasteiger partial charge < -0.3 is 5.32 Å². The van der Waals surface area contributed by atoms with E-state index < -0.39 is 0 Å². The monoisotopic (exact) mass is 180 g/mol. The van der Waals surface area contributed by atoms with Gasteiger partial charge in [0, 0.05) is 18.6 Å². The van der Waals surface area contributed by atoms with Crippen LogP contribution in [0.15, 0.2) is 0 Å². The zero-order valence-corrected chi connectivity index (χ0v) is 8.39. The van der Waals surface area contributed by atoms with Gasteiger partial charge in [0.15, 0.2) is 0 Å². The van der Waals surface area contributed by atoms with E-state index in [9.17, 15) is 0 Å². The summed E-state index contributed by atoms with van der Waals surface area (Å²) in [5, 5.41) is 3.44. The summed E-state index contributed by atoms with van der Waals surface area (Å²) in [5.41, 5.74) is 0.620. The van der Waals surface area contributed by atoms with Crippen molar-refractivity contribution in [2.24, 2.45) is 5.92 Å². The van der Waals surface area contributed by atoms with Crippen molar-refractivity contribution in [2.45, 2.75) is 37.6 Å². The number of hydrogen-bond acceptors (Lipinski definition) is 2. The fourth-order valence-corrected chi connectivity index (χ4v) is 2.90. The van der Waals surface area contributed by atoms with Crippen LogP contribution in [0.5, 0.6) is 0 Å². The van der Waals surface area contributed by atoms with Crippen LogP contribution >= 0.6 is 0 Å². The molecule has 13 heavy (non-hydrogen) atoms. The molecule has 1 saturated carbocycles.